The van der Waals surface area contributed by atoms with Gasteiger partial charge in [-0.2, -0.15) is 0 Å². The van der Waals surface area contributed by atoms with Gasteiger partial charge in [-0.25, -0.2) is 4.79 Å². The van der Waals surface area contributed by atoms with Crippen molar-refractivity contribution < 1.29 is 9.21 Å². The van der Waals surface area contributed by atoms with Gasteiger partial charge in [0.2, 0.25) is 0 Å². The molecule has 0 N–H and O–H groups in total. The molecule has 3 aromatic rings. The minimum atomic E-state index is -0.550. The van der Waals surface area contributed by atoms with Crippen LogP contribution in [0.15, 0.2) is 57.7 Å². The van der Waals surface area contributed by atoms with Crippen molar-refractivity contribution in [1.29, 1.82) is 0 Å². The molecule has 0 aliphatic heterocycles. The predicted molar refractivity (Wildman–Crippen MR) is 91.9 cm³/mol. The van der Waals surface area contributed by atoms with Gasteiger partial charge in [0.1, 0.15) is 11.3 Å². The molecule has 0 aliphatic rings. The monoisotopic (exact) mass is 306 g/mol. The highest BCUT2D eigenvalue weighted by molar-refractivity contribution is 5.97. The van der Waals surface area contributed by atoms with Crippen LogP contribution < -0.4 is 5.63 Å². The largest absolute Gasteiger partial charge is 0.422 e. The van der Waals surface area contributed by atoms with E-state index in [1.807, 2.05) is 55.5 Å². The van der Waals surface area contributed by atoms with Crippen LogP contribution >= 0.6 is 0 Å². The second-order valence-electron chi connectivity index (χ2n) is 5.63. The highest BCUT2D eigenvalue weighted by atomic mass is 16.4. The van der Waals surface area contributed by atoms with Gasteiger partial charge in [-0.15, -0.1) is 0 Å². The number of carbonyl (C=O) groups is 1. The van der Waals surface area contributed by atoms with Crippen LogP contribution in [-0.2, 0) is 6.42 Å². The summed E-state index contributed by atoms with van der Waals surface area (Å²) in [5.74, 6) is 0.270. The highest BCUT2D eigenvalue weighted by Gasteiger charge is 2.17. The molecule has 3 rings (SSSR count). The number of rotatable bonds is 4. The van der Waals surface area contributed by atoms with E-state index in [9.17, 15) is 9.59 Å². The van der Waals surface area contributed by atoms with E-state index in [1.165, 1.54) is 6.92 Å². The number of ketones is 1. The van der Waals surface area contributed by atoms with Crippen molar-refractivity contribution in [2.24, 2.45) is 0 Å². The van der Waals surface area contributed by atoms with Crippen molar-refractivity contribution in [1.82, 2.24) is 0 Å². The number of aryl methyl sites for hydroxylation is 1. The number of fused-ring (bicyclic) bond motifs is 1. The molecule has 0 amide bonds. The summed E-state index contributed by atoms with van der Waals surface area (Å²) in [5, 5.41) is 2.11. The molecule has 23 heavy (non-hydrogen) atoms. The smallest absolute Gasteiger partial charge is 0.347 e. The average molecular weight is 306 g/mol. The van der Waals surface area contributed by atoms with Gasteiger partial charge in [0.15, 0.2) is 5.78 Å². The van der Waals surface area contributed by atoms with E-state index >= 15 is 0 Å². The summed E-state index contributed by atoms with van der Waals surface area (Å²) in [6, 6.07) is 15.7. The van der Waals surface area contributed by atoms with Crippen LogP contribution in [0.1, 0.15) is 36.2 Å². The Morgan fingerprint density at radius 2 is 1.83 bits per heavy atom. The molecule has 0 radical (unpaired) electrons. The van der Waals surface area contributed by atoms with E-state index in [-0.39, 0.29) is 11.3 Å². The first kappa shape index (κ1) is 15.2. The summed E-state index contributed by atoms with van der Waals surface area (Å²) in [7, 11) is 0. The summed E-state index contributed by atoms with van der Waals surface area (Å²) >= 11 is 0. The standard InChI is InChI=1S/C20H18O3/c1-3-7-15-12-18(23-20(22)19(15)13(2)21)17-11-6-9-14-8-4-5-10-16(14)17/h4-6,8-12H,3,7H2,1-2H3. The van der Waals surface area contributed by atoms with Gasteiger partial charge in [0, 0.05) is 5.56 Å². The first-order valence-corrected chi connectivity index (χ1v) is 7.78. The van der Waals surface area contributed by atoms with E-state index in [2.05, 4.69) is 0 Å². The third-order valence-electron chi connectivity index (χ3n) is 3.96. The quantitative estimate of drug-likeness (QED) is 0.661. The van der Waals surface area contributed by atoms with Gasteiger partial charge >= 0.3 is 5.63 Å². The van der Waals surface area contributed by atoms with E-state index in [0.717, 1.165) is 28.3 Å². The van der Waals surface area contributed by atoms with Crippen LogP contribution in [0.4, 0.5) is 0 Å². The maximum Gasteiger partial charge on any atom is 0.347 e. The van der Waals surface area contributed by atoms with Crippen LogP contribution in [0.5, 0.6) is 0 Å². The zero-order valence-corrected chi connectivity index (χ0v) is 13.3. The maximum atomic E-state index is 12.3. The molecule has 3 heteroatoms. The predicted octanol–water partition coefficient (Wildman–Crippen LogP) is 4.62. The van der Waals surface area contributed by atoms with Crippen LogP contribution in [0.3, 0.4) is 0 Å². The lowest BCUT2D eigenvalue weighted by molar-refractivity contribution is 0.101. The Labute approximate surface area is 134 Å². The minimum absolute atomic E-state index is 0.177. The van der Waals surface area contributed by atoms with Crippen molar-refractivity contribution in [3.8, 4) is 11.3 Å². The molecule has 1 aromatic heterocycles. The van der Waals surface area contributed by atoms with E-state index in [0.29, 0.717) is 12.2 Å². The summed E-state index contributed by atoms with van der Waals surface area (Å²) < 4.78 is 5.47. The van der Waals surface area contributed by atoms with Crippen LogP contribution in [0.25, 0.3) is 22.1 Å². The second-order valence-corrected chi connectivity index (χ2v) is 5.63. The molecular weight excluding hydrogens is 288 g/mol. The fraction of sp³-hybridized carbons (Fsp3) is 0.200. The maximum absolute atomic E-state index is 12.3. The normalized spacial score (nSPS) is 10.9. The SMILES string of the molecule is CCCc1cc(-c2cccc3ccccc23)oc(=O)c1C(C)=O. The number of Topliss-reactive ketones (excluding diaryl/α,β-unsaturated/α-hetero) is 1. The highest BCUT2D eigenvalue weighted by Crippen LogP contribution is 2.29. The summed E-state index contributed by atoms with van der Waals surface area (Å²) in [6.07, 6.45) is 1.54. The molecule has 0 aliphatic carbocycles. The molecule has 0 unspecified atom stereocenters. The Hall–Kier alpha value is -2.68. The minimum Gasteiger partial charge on any atom is -0.422 e. The topological polar surface area (TPSA) is 47.3 Å². The van der Waals surface area contributed by atoms with Gasteiger partial charge in [-0.05, 0) is 35.7 Å². The number of benzene rings is 2. The molecule has 0 fully saturated rings. The van der Waals surface area contributed by atoms with Crippen molar-refractivity contribution in [3.63, 3.8) is 0 Å². The average Bonchev–Trinajstić information content (AvgIpc) is 2.53. The lowest BCUT2D eigenvalue weighted by atomic mass is 9.98. The third kappa shape index (κ3) is 2.82. The molecule has 2 aromatic carbocycles. The molecule has 116 valence electrons. The van der Waals surface area contributed by atoms with Gasteiger partial charge in [0.25, 0.3) is 0 Å². The molecule has 0 bridgehead atoms. The Bertz CT molecular complexity index is 930. The van der Waals surface area contributed by atoms with Crippen LogP contribution in [-0.4, -0.2) is 5.78 Å². The Kier molecular flexibility index (Phi) is 4.11. The Balaban J connectivity index is 2.28. The first-order valence-electron chi connectivity index (χ1n) is 7.78. The molecule has 0 spiro atoms. The zero-order chi connectivity index (χ0) is 16.4. The summed E-state index contributed by atoms with van der Waals surface area (Å²) in [4.78, 5) is 24.1. The van der Waals surface area contributed by atoms with Gasteiger partial charge in [-0.1, -0.05) is 55.8 Å². The van der Waals surface area contributed by atoms with Gasteiger partial charge in [-0.3, -0.25) is 4.79 Å². The van der Waals surface area contributed by atoms with E-state index in [1.54, 1.807) is 0 Å². The van der Waals surface area contributed by atoms with E-state index < -0.39 is 5.63 Å². The Morgan fingerprint density at radius 3 is 2.57 bits per heavy atom. The van der Waals surface area contributed by atoms with Crippen molar-refractivity contribution in [2.75, 3.05) is 0 Å². The number of carbonyl (C=O) groups excluding carboxylic acids is 1. The van der Waals surface area contributed by atoms with Crippen molar-refractivity contribution >= 4 is 16.6 Å². The fourth-order valence-electron chi connectivity index (χ4n) is 2.95. The summed E-state index contributed by atoms with van der Waals surface area (Å²) in [5.41, 5.74) is 1.26. The molecule has 0 atom stereocenters. The van der Waals surface area contributed by atoms with Gasteiger partial charge in [0.05, 0.1) is 0 Å². The van der Waals surface area contributed by atoms with Crippen LogP contribution in [0.2, 0.25) is 0 Å². The molecule has 0 saturated carbocycles. The lowest BCUT2D eigenvalue weighted by Gasteiger charge is -2.09. The molecule has 1 heterocycles. The van der Waals surface area contributed by atoms with E-state index in [4.69, 9.17) is 4.42 Å². The van der Waals surface area contributed by atoms with Gasteiger partial charge < -0.3 is 4.42 Å². The Morgan fingerprint density at radius 1 is 1.09 bits per heavy atom. The lowest BCUT2D eigenvalue weighted by Crippen LogP contribution is -2.15. The zero-order valence-electron chi connectivity index (χ0n) is 13.3. The molecular formula is C20H18O3. The molecule has 0 saturated heterocycles. The first-order chi connectivity index (χ1) is 11.1. The van der Waals surface area contributed by atoms with Crippen molar-refractivity contribution in [3.05, 3.63) is 70.1 Å². The van der Waals surface area contributed by atoms with Crippen LogP contribution in [0, 0.1) is 0 Å². The molecule has 3 nitrogen and oxygen atoms in total. The third-order valence-corrected chi connectivity index (χ3v) is 3.96. The van der Waals surface area contributed by atoms with Crippen molar-refractivity contribution in [2.45, 2.75) is 26.7 Å². The fourth-order valence-corrected chi connectivity index (χ4v) is 2.95. The summed E-state index contributed by atoms with van der Waals surface area (Å²) in [6.45, 7) is 3.43. The number of hydrogen-bond donors (Lipinski definition) is 0. The number of hydrogen-bond acceptors (Lipinski definition) is 3. The second kappa shape index (κ2) is 6.21.